The van der Waals surface area contributed by atoms with Gasteiger partial charge >= 0.3 is 35.1 Å². The number of rotatable bonds is 0. The molecule has 0 fully saturated rings. The summed E-state index contributed by atoms with van der Waals surface area (Å²) in [7, 11) is 0. The number of hydrogen-bond donors (Lipinski definition) is 1. The van der Waals surface area contributed by atoms with E-state index in [2.05, 4.69) is 12.6 Å². The van der Waals surface area contributed by atoms with Crippen LogP contribution in [0.2, 0.25) is 0 Å². The third kappa shape index (κ3) is 67.8. The first-order valence-electron chi connectivity index (χ1n) is 0.791. The molecule has 0 unspecified atom stereocenters. The first-order valence-corrected chi connectivity index (χ1v) is 1.24. The molecule has 6 heavy (non-hydrogen) atoms. The Bertz CT molecular complexity index is 30.4. The zero-order valence-electron chi connectivity index (χ0n) is 4.08. The van der Waals surface area contributed by atoms with Gasteiger partial charge in [-0.05, 0) is 0 Å². The molecule has 0 heterocycles. The second kappa shape index (κ2) is 3.18. The molecule has 0 amide bonds. The standard InChI is InChI=1S/CHF3S.Na.H/c2-1(3,4)5;;/h5H;;/q;+1;-1. The summed E-state index contributed by atoms with van der Waals surface area (Å²) in [5.74, 6) is 0. The third-order valence-electron chi connectivity index (χ3n) is 0. The summed E-state index contributed by atoms with van der Waals surface area (Å²) in [6.07, 6.45) is 0. The Balaban J connectivity index is -0.0000000800. The first kappa shape index (κ1) is 10.2. The van der Waals surface area contributed by atoms with Crippen LogP contribution in [-0.2, 0) is 0 Å². The molecule has 0 aliphatic heterocycles. The largest absolute Gasteiger partial charge is 1.00 e. The van der Waals surface area contributed by atoms with Crippen LogP contribution in [0.5, 0.6) is 0 Å². The van der Waals surface area contributed by atoms with E-state index in [1.807, 2.05) is 0 Å². The summed E-state index contributed by atoms with van der Waals surface area (Å²) in [6.45, 7) is 0. The molecule has 0 aromatic rings. The Kier molecular flexibility index (Phi) is 5.40. The quantitative estimate of drug-likeness (QED) is 0.298. The Morgan fingerprint density at radius 3 is 1.33 bits per heavy atom. The van der Waals surface area contributed by atoms with E-state index in [0.717, 1.165) is 0 Å². The topological polar surface area (TPSA) is 0 Å². The van der Waals surface area contributed by atoms with Crippen molar-refractivity contribution in [3.8, 4) is 0 Å². The van der Waals surface area contributed by atoms with Crippen LogP contribution in [0, 0.1) is 0 Å². The van der Waals surface area contributed by atoms with Crippen LogP contribution in [-0.4, -0.2) is 5.51 Å². The predicted octanol–water partition coefficient (Wildman–Crippen LogP) is -1.45. The molecule has 0 aliphatic rings. The molecule has 0 aromatic carbocycles. The molecule has 5 heteroatoms. The minimum Gasteiger partial charge on any atom is -1.00 e. The van der Waals surface area contributed by atoms with Crippen LogP contribution in [0.1, 0.15) is 1.43 Å². The minimum absolute atomic E-state index is 0. The summed E-state index contributed by atoms with van der Waals surface area (Å²) in [5.41, 5.74) is -4.31. The number of halogens is 3. The van der Waals surface area contributed by atoms with Crippen LogP contribution >= 0.6 is 12.6 Å². The molecule has 0 aliphatic carbocycles. The third-order valence-corrected chi connectivity index (χ3v) is 0. The second-order valence-electron chi connectivity index (χ2n) is 0.468. The van der Waals surface area contributed by atoms with Gasteiger partial charge in [0, 0.05) is 0 Å². The van der Waals surface area contributed by atoms with Crippen molar-refractivity contribution in [2.45, 2.75) is 5.51 Å². The summed E-state index contributed by atoms with van der Waals surface area (Å²) in [5, 5.41) is 0. The van der Waals surface area contributed by atoms with Crippen LogP contribution < -0.4 is 29.6 Å². The van der Waals surface area contributed by atoms with Crippen molar-refractivity contribution < 1.29 is 44.2 Å². The van der Waals surface area contributed by atoms with Gasteiger partial charge in [-0.15, -0.1) is 0 Å². The van der Waals surface area contributed by atoms with E-state index >= 15 is 0 Å². The summed E-state index contributed by atoms with van der Waals surface area (Å²) >= 11 is 2.12. The van der Waals surface area contributed by atoms with Crippen molar-refractivity contribution in [1.82, 2.24) is 0 Å². The van der Waals surface area contributed by atoms with Crippen LogP contribution in [0.4, 0.5) is 13.2 Å². The van der Waals surface area contributed by atoms with Gasteiger partial charge in [0.15, 0.2) is 0 Å². The maximum Gasteiger partial charge on any atom is 1.00 e. The average Bonchev–Trinajstić information content (AvgIpc) is 0.722. The molecule has 0 nitrogen and oxygen atoms in total. The van der Waals surface area contributed by atoms with E-state index in [4.69, 9.17) is 0 Å². The Morgan fingerprint density at radius 1 is 1.33 bits per heavy atom. The van der Waals surface area contributed by atoms with Crippen LogP contribution in [0.15, 0.2) is 0 Å². The Labute approximate surface area is 62.3 Å². The van der Waals surface area contributed by atoms with Crippen LogP contribution in [0.3, 0.4) is 0 Å². The van der Waals surface area contributed by atoms with Gasteiger partial charge in [0.05, 0.1) is 0 Å². The fraction of sp³-hybridized carbons (Fsp3) is 1.00. The summed E-state index contributed by atoms with van der Waals surface area (Å²) in [6, 6.07) is 0. The molecule has 0 spiro atoms. The van der Waals surface area contributed by atoms with Crippen LogP contribution in [0.25, 0.3) is 0 Å². The molecule has 0 N–H and O–H groups in total. The molecule has 0 radical (unpaired) electrons. The van der Waals surface area contributed by atoms with Gasteiger partial charge < -0.3 is 1.43 Å². The minimum atomic E-state index is -4.31. The van der Waals surface area contributed by atoms with E-state index in [0.29, 0.717) is 0 Å². The Morgan fingerprint density at radius 2 is 1.33 bits per heavy atom. The molecule has 0 aromatic heterocycles. The van der Waals surface area contributed by atoms with Crippen molar-refractivity contribution in [3.05, 3.63) is 0 Å². The molecule has 0 atom stereocenters. The average molecular weight is 126 g/mol. The van der Waals surface area contributed by atoms with Gasteiger partial charge in [-0.2, -0.15) is 13.2 Å². The summed E-state index contributed by atoms with van der Waals surface area (Å²) in [4.78, 5) is 0. The van der Waals surface area contributed by atoms with Crippen molar-refractivity contribution in [2.75, 3.05) is 0 Å². The zero-order chi connectivity index (χ0) is 4.50. The Hall–Kier alpha value is 1.14. The van der Waals surface area contributed by atoms with Gasteiger partial charge in [-0.25, -0.2) is 0 Å². The maximum atomic E-state index is 10.2. The SMILES string of the molecule is FC(F)(F)S.[H-].[Na+]. The van der Waals surface area contributed by atoms with E-state index in [-0.39, 0.29) is 31.0 Å². The smallest absolute Gasteiger partial charge is 1.00 e. The summed E-state index contributed by atoms with van der Waals surface area (Å²) < 4.78 is 30.7. The molecular weight excluding hydrogens is 124 g/mol. The van der Waals surface area contributed by atoms with Crippen molar-refractivity contribution in [1.29, 1.82) is 0 Å². The monoisotopic (exact) mass is 126 g/mol. The molecular formula is CH2F3NaS. The fourth-order valence-corrected chi connectivity index (χ4v) is 0. The van der Waals surface area contributed by atoms with Crippen molar-refractivity contribution in [3.63, 3.8) is 0 Å². The molecule has 0 saturated carbocycles. The molecule has 0 saturated heterocycles. The number of thiol groups is 1. The van der Waals surface area contributed by atoms with Gasteiger partial charge in [-0.3, -0.25) is 0 Å². The molecule has 0 bridgehead atoms. The van der Waals surface area contributed by atoms with E-state index in [1.165, 1.54) is 0 Å². The predicted molar refractivity (Wildman–Crippen MR) is 16.2 cm³/mol. The first-order chi connectivity index (χ1) is 2.00. The number of alkyl halides is 3. The van der Waals surface area contributed by atoms with E-state index < -0.39 is 5.51 Å². The van der Waals surface area contributed by atoms with E-state index in [1.54, 1.807) is 0 Å². The molecule has 0 rings (SSSR count). The normalized spacial score (nSPS) is 10.0. The molecule has 34 valence electrons. The van der Waals surface area contributed by atoms with Gasteiger partial charge in [0.1, 0.15) is 0 Å². The second-order valence-corrected chi connectivity index (χ2v) is 0.975. The van der Waals surface area contributed by atoms with Gasteiger partial charge in [0.2, 0.25) is 0 Å². The van der Waals surface area contributed by atoms with Crippen molar-refractivity contribution >= 4 is 12.6 Å². The number of hydrogen-bond acceptors (Lipinski definition) is 1. The fourth-order valence-electron chi connectivity index (χ4n) is 0. The maximum absolute atomic E-state index is 10.2. The van der Waals surface area contributed by atoms with Gasteiger partial charge in [0.25, 0.3) is 0 Å². The van der Waals surface area contributed by atoms with Crippen molar-refractivity contribution in [2.24, 2.45) is 0 Å². The zero-order valence-corrected chi connectivity index (χ0v) is 5.98. The van der Waals surface area contributed by atoms with E-state index in [9.17, 15) is 13.2 Å². The van der Waals surface area contributed by atoms with Gasteiger partial charge in [-0.1, -0.05) is 12.6 Å².